The summed E-state index contributed by atoms with van der Waals surface area (Å²) in [5.41, 5.74) is 17.3. The molecular weight excluding hydrogens is 715 g/mol. The average molecular weight is 750 g/mol. The molecule has 274 valence electrons. The Kier molecular flexibility index (Phi) is 6.68. The van der Waals surface area contributed by atoms with Crippen molar-refractivity contribution in [3.8, 4) is 33.4 Å². The van der Waals surface area contributed by atoms with Crippen LogP contribution in [0.1, 0.15) is 22.3 Å². The number of anilines is 3. The van der Waals surface area contributed by atoms with E-state index in [1.165, 1.54) is 77.2 Å². The van der Waals surface area contributed by atoms with Crippen molar-refractivity contribution < 1.29 is 4.42 Å². The van der Waals surface area contributed by atoms with E-state index in [0.29, 0.717) is 0 Å². The van der Waals surface area contributed by atoms with Crippen molar-refractivity contribution in [2.45, 2.75) is 5.41 Å². The third kappa shape index (κ3) is 4.35. The van der Waals surface area contributed by atoms with Gasteiger partial charge in [-0.25, -0.2) is 0 Å². The topological polar surface area (TPSA) is 16.4 Å². The van der Waals surface area contributed by atoms with Crippen LogP contribution >= 0.6 is 0 Å². The Hall–Kier alpha value is -7.68. The average Bonchev–Trinajstić information content (AvgIpc) is 3.68. The molecule has 0 saturated carbocycles. The van der Waals surface area contributed by atoms with Crippen LogP contribution in [0.2, 0.25) is 0 Å². The van der Waals surface area contributed by atoms with E-state index >= 15 is 0 Å². The van der Waals surface area contributed by atoms with Crippen LogP contribution in [-0.2, 0) is 5.41 Å². The Morgan fingerprint density at radius 2 is 0.864 bits per heavy atom. The highest BCUT2D eigenvalue weighted by Crippen LogP contribution is 2.62. The molecule has 59 heavy (non-hydrogen) atoms. The second-order valence-corrected chi connectivity index (χ2v) is 15.9. The zero-order chi connectivity index (χ0) is 38.7. The molecule has 0 fully saturated rings. The first-order valence-electron chi connectivity index (χ1n) is 20.4. The van der Waals surface area contributed by atoms with E-state index in [1.54, 1.807) is 0 Å². The minimum absolute atomic E-state index is 0.578. The lowest BCUT2D eigenvalue weighted by atomic mass is 9.55. The van der Waals surface area contributed by atoms with Gasteiger partial charge in [0.15, 0.2) is 0 Å². The molecule has 2 aliphatic rings. The quantitative estimate of drug-likeness (QED) is 0.178. The third-order valence-electron chi connectivity index (χ3n) is 13.1. The summed E-state index contributed by atoms with van der Waals surface area (Å²) in [5, 5.41) is 7.34. The first kappa shape index (κ1) is 32.4. The van der Waals surface area contributed by atoms with Crippen molar-refractivity contribution in [1.82, 2.24) is 0 Å². The normalized spacial score (nSPS) is 14.8. The van der Waals surface area contributed by atoms with Gasteiger partial charge in [0.05, 0.1) is 11.1 Å². The maximum Gasteiger partial charge on any atom is 0.137 e. The Balaban J connectivity index is 1.14. The lowest BCUT2D eigenvalue weighted by molar-refractivity contribution is 0.669. The van der Waals surface area contributed by atoms with Gasteiger partial charge in [0.2, 0.25) is 0 Å². The second kappa shape index (κ2) is 12.2. The van der Waals surface area contributed by atoms with Crippen LogP contribution in [0.5, 0.6) is 0 Å². The number of para-hydroxylation sites is 2. The summed E-state index contributed by atoms with van der Waals surface area (Å²) in [6, 6.07) is 78.2. The van der Waals surface area contributed by atoms with Gasteiger partial charge < -0.3 is 9.32 Å². The molecule has 1 atom stereocenters. The lowest BCUT2D eigenvalue weighted by Crippen LogP contribution is -2.36. The van der Waals surface area contributed by atoms with Crippen molar-refractivity contribution in [1.29, 1.82) is 0 Å². The molecule has 0 bridgehead atoms. The van der Waals surface area contributed by atoms with Gasteiger partial charge in [0.25, 0.3) is 0 Å². The predicted octanol–water partition coefficient (Wildman–Crippen LogP) is 15.4. The molecule has 0 amide bonds. The number of rotatable bonds is 4. The Bertz CT molecular complexity index is 3510. The molecule has 2 aliphatic carbocycles. The fraction of sp³-hybridized carbons (Fsp3) is 0.0175. The SMILES string of the molecule is c1ccc(-c2ccc3c4c(cccc24)C2(c4ccccc4-3)c3ccccc3-c3ccc(N(c4ccccc4)c4ccc5c(c4)oc4ccccc45)c4cccc2c34)cc1. The number of hydrogen-bond acceptors (Lipinski definition) is 2. The monoisotopic (exact) mass is 749 g/mol. The van der Waals surface area contributed by atoms with E-state index in [-0.39, 0.29) is 0 Å². The van der Waals surface area contributed by atoms with Crippen LogP contribution in [0.15, 0.2) is 217 Å². The molecule has 10 aromatic carbocycles. The van der Waals surface area contributed by atoms with Gasteiger partial charge in [-0.15, -0.1) is 0 Å². The molecule has 0 N–H and O–H groups in total. The van der Waals surface area contributed by atoms with Crippen LogP contribution in [0, 0.1) is 0 Å². The highest BCUT2D eigenvalue weighted by atomic mass is 16.3. The van der Waals surface area contributed by atoms with Crippen LogP contribution in [0.4, 0.5) is 17.1 Å². The Morgan fingerprint density at radius 1 is 0.322 bits per heavy atom. The number of benzene rings is 10. The minimum Gasteiger partial charge on any atom is -0.456 e. The fourth-order valence-electron chi connectivity index (χ4n) is 10.8. The maximum atomic E-state index is 6.48. The van der Waals surface area contributed by atoms with E-state index in [2.05, 4.69) is 211 Å². The minimum atomic E-state index is -0.578. The van der Waals surface area contributed by atoms with Crippen molar-refractivity contribution >= 4 is 60.5 Å². The summed E-state index contributed by atoms with van der Waals surface area (Å²) < 4.78 is 6.48. The molecule has 0 radical (unpaired) electrons. The molecule has 1 spiro atoms. The first-order valence-corrected chi connectivity index (χ1v) is 20.4. The van der Waals surface area contributed by atoms with E-state index in [4.69, 9.17) is 4.42 Å². The molecule has 1 unspecified atom stereocenters. The van der Waals surface area contributed by atoms with Crippen molar-refractivity contribution in [3.05, 3.63) is 235 Å². The molecule has 0 aliphatic heterocycles. The zero-order valence-corrected chi connectivity index (χ0v) is 32.1. The Morgan fingerprint density at radius 3 is 1.61 bits per heavy atom. The van der Waals surface area contributed by atoms with Crippen LogP contribution < -0.4 is 4.90 Å². The zero-order valence-electron chi connectivity index (χ0n) is 32.1. The Labute approximate surface area is 341 Å². The molecule has 2 heteroatoms. The number of hydrogen-bond donors (Lipinski definition) is 0. The smallest absolute Gasteiger partial charge is 0.137 e. The molecule has 2 nitrogen and oxygen atoms in total. The summed E-state index contributed by atoms with van der Waals surface area (Å²) in [6.45, 7) is 0. The second-order valence-electron chi connectivity index (χ2n) is 15.9. The standard InChI is InChI=1S/C57H35NO/c1-3-15-36(16-4-1)39-31-32-45-40-19-7-10-24-48(40)57(50-26-13-22-44(39)55(45)50)49-25-11-8-20-41(49)46-33-34-52(47-23-14-27-51(57)56(46)47)58(37-17-5-2-6-18-37)38-29-30-43-42-21-9-12-28-53(42)59-54(43)35-38/h1-35H. The van der Waals surface area contributed by atoms with E-state index in [0.717, 1.165) is 39.0 Å². The lowest BCUT2D eigenvalue weighted by Gasteiger charge is -2.46. The van der Waals surface area contributed by atoms with Gasteiger partial charge in [-0.2, -0.15) is 0 Å². The molecule has 1 aromatic heterocycles. The highest BCUT2D eigenvalue weighted by Gasteiger charge is 2.48. The van der Waals surface area contributed by atoms with Crippen molar-refractivity contribution in [2.24, 2.45) is 0 Å². The maximum absolute atomic E-state index is 6.48. The van der Waals surface area contributed by atoms with Crippen LogP contribution in [0.3, 0.4) is 0 Å². The summed E-state index contributed by atoms with van der Waals surface area (Å²) in [5.74, 6) is 0. The van der Waals surface area contributed by atoms with Gasteiger partial charge in [0, 0.05) is 33.6 Å². The molecule has 11 aromatic rings. The summed E-state index contributed by atoms with van der Waals surface area (Å²) in [7, 11) is 0. The molecular formula is C57H35NO. The van der Waals surface area contributed by atoms with Crippen molar-refractivity contribution in [2.75, 3.05) is 4.90 Å². The third-order valence-corrected chi connectivity index (χ3v) is 13.1. The summed E-state index contributed by atoms with van der Waals surface area (Å²) >= 11 is 0. The number of nitrogens with zero attached hydrogens (tertiary/aromatic N) is 1. The van der Waals surface area contributed by atoms with Gasteiger partial charge in [-0.05, 0) is 108 Å². The van der Waals surface area contributed by atoms with Gasteiger partial charge in [0.1, 0.15) is 11.2 Å². The largest absolute Gasteiger partial charge is 0.456 e. The van der Waals surface area contributed by atoms with E-state index in [9.17, 15) is 0 Å². The number of furan rings is 1. The molecule has 0 saturated heterocycles. The predicted molar refractivity (Wildman–Crippen MR) is 245 cm³/mol. The van der Waals surface area contributed by atoms with E-state index in [1.807, 2.05) is 6.07 Å². The van der Waals surface area contributed by atoms with Gasteiger partial charge in [-0.3, -0.25) is 0 Å². The fourth-order valence-corrected chi connectivity index (χ4v) is 10.8. The number of fused-ring (bicyclic) bond motifs is 11. The first-order chi connectivity index (χ1) is 29.3. The highest BCUT2D eigenvalue weighted by molar-refractivity contribution is 6.16. The van der Waals surface area contributed by atoms with Gasteiger partial charge >= 0.3 is 0 Å². The van der Waals surface area contributed by atoms with Gasteiger partial charge in [-0.1, -0.05) is 170 Å². The molecule has 13 rings (SSSR count). The van der Waals surface area contributed by atoms with Crippen LogP contribution in [-0.4, -0.2) is 0 Å². The molecule has 1 heterocycles. The van der Waals surface area contributed by atoms with E-state index < -0.39 is 5.41 Å². The summed E-state index contributed by atoms with van der Waals surface area (Å²) in [4.78, 5) is 2.40. The van der Waals surface area contributed by atoms with Crippen molar-refractivity contribution in [3.63, 3.8) is 0 Å². The van der Waals surface area contributed by atoms with Crippen LogP contribution in [0.25, 0.3) is 76.9 Å². The summed E-state index contributed by atoms with van der Waals surface area (Å²) in [6.07, 6.45) is 0.